The van der Waals surface area contributed by atoms with Crippen molar-refractivity contribution in [3.8, 4) is 0 Å². The Balaban J connectivity index is 1.46. The first-order chi connectivity index (χ1) is 14.7. The minimum atomic E-state index is 0.666. The first kappa shape index (κ1) is 25.4. The van der Waals surface area contributed by atoms with Crippen molar-refractivity contribution in [2.75, 3.05) is 86.6 Å². The van der Waals surface area contributed by atoms with E-state index in [-0.39, 0.29) is 0 Å². The minimum Gasteiger partial charge on any atom is -0.304 e. The van der Waals surface area contributed by atoms with Crippen LogP contribution >= 0.6 is 0 Å². The Morgan fingerprint density at radius 3 is 1.58 bits per heavy atom. The number of piperazine rings is 3. The molecule has 31 heavy (non-hydrogen) atoms. The third-order valence-electron chi connectivity index (χ3n) is 8.68. The number of rotatable bonds is 8. The molecule has 0 spiro atoms. The molecule has 1 unspecified atom stereocenters. The lowest BCUT2D eigenvalue weighted by molar-refractivity contribution is 0.0199. The zero-order valence-electron chi connectivity index (χ0n) is 21.8. The second-order valence-corrected chi connectivity index (χ2v) is 11.2. The molecule has 182 valence electrons. The fraction of sp³-hybridized carbons (Fsp3) is 1.00. The van der Waals surface area contributed by atoms with Crippen LogP contribution in [0.15, 0.2) is 0 Å². The van der Waals surface area contributed by atoms with Crippen molar-refractivity contribution in [3.63, 3.8) is 0 Å². The van der Waals surface area contributed by atoms with E-state index in [1.165, 1.54) is 84.7 Å². The van der Waals surface area contributed by atoms with Crippen LogP contribution in [0.5, 0.6) is 0 Å². The fourth-order valence-electron chi connectivity index (χ4n) is 5.74. The van der Waals surface area contributed by atoms with Crippen LogP contribution in [0.2, 0.25) is 0 Å². The smallest absolute Gasteiger partial charge is 0.0236 e. The molecule has 0 saturated carbocycles. The van der Waals surface area contributed by atoms with Crippen LogP contribution in [0.4, 0.5) is 0 Å². The van der Waals surface area contributed by atoms with Gasteiger partial charge in [0, 0.05) is 95.7 Å². The van der Waals surface area contributed by atoms with Gasteiger partial charge in [0.1, 0.15) is 0 Å². The topological polar surface area (TPSA) is 19.4 Å². The summed E-state index contributed by atoms with van der Waals surface area (Å²) in [5.41, 5.74) is 0. The summed E-state index contributed by atoms with van der Waals surface area (Å²) in [7, 11) is 6.94. The Labute approximate surface area is 193 Å². The van der Waals surface area contributed by atoms with Crippen LogP contribution in [0.3, 0.4) is 0 Å². The molecule has 0 aliphatic carbocycles. The van der Waals surface area contributed by atoms with Crippen LogP contribution in [0.1, 0.15) is 47.0 Å². The van der Waals surface area contributed by atoms with Crippen LogP contribution in [-0.2, 0) is 0 Å². The Morgan fingerprint density at radius 2 is 1.03 bits per heavy atom. The van der Waals surface area contributed by atoms with Crippen molar-refractivity contribution >= 4 is 0 Å². The van der Waals surface area contributed by atoms with Gasteiger partial charge in [-0.05, 0) is 68.1 Å². The normalized spacial score (nSPS) is 31.4. The maximum absolute atomic E-state index is 2.80. The van der Waals surface area contributed by atoms with E-state index in [0.717, 1.165) is 6.04 Å². The maximum atomic E-state index is 2.80. The molecular weight excluding hydrogens is 384 g/mol. The Morgan fingerprint density at radius 1 is 0.581 bits per heavy atom. The summed E-state index contributed by atoms with van der Waals surface area (Å²) in [5.74, 6) is 0. The number of nitrogens with zero attached hydrogens (tertiary/aromatic N) is 6. The molecule has 6 heteroatoms. The molecule has 0 bridgehead atoms. The van der Waals surface area contributed by atoms with E-state index < -0.39 is 0 Å². The summed E-state index contributed by atoms with van der Waals surface area (Å²) in [6.45, 7) is 21.9. The first-order valence-electron chi connectivity index (χ1n) is 13.1. The number of likely N-dealkylation sites (N-methyl/N-ethyl adjacent to an activating group) is 3. The molecule has 3 aliphatic rings. The minimum absolute atomic E-state index is 0.666. The molecule has 0 N–H and O–H groups in total. The molecule has 0 amide bonds. The van der Waals surface area contributed by atoms with Gasteiger partial charge in [0.25, 0.3) is 0 Å². The lowest BCUT2D eigenvalue weighted by atomic mass is 9.97. The van der Waals surface area contributed by atoms with Gasteiger partial charge in [0.15, 0.2) is 0 Å². The standard InChI is InChI=1S/C25H52N6/c1-21(2)30-16-12-27(6)24(19-30)18-25-20-31(17-13-28(25)7)23(4)9-8-22(3)29-14-10-26(5)11-15-29/h21-25H,8-20H2,1-7H3/t22-,23+,24?,25-/m0/s1. The molecule has 0 aromatic rings. The first-order valence-corrected chi connectivity index (χ1v) is 13.1. The largest absolute Gasteiger partial charge is 0.304 e. The van der Waals surface area contributed by atoms with Gasteiger partial charge in [-0.3, -0.25) is 14.7 Å². The van der Waals surface area contributed by atoms with E-state index in [1.54, 1.807) is 0 Å². The molecule has 0 aromatic heterocycles. The van der Waals surface area contributed by atoms with E-state index >= 15 is 0 Å². The SMILES string of the molecule is CC(C)N1CCN(C)C(C[C@H]2CN([C@H](C)CC[C@H](C)N3CCN(C)CC3)CCN2C)C1. The van der Waals surface area contributed by atoms with Crippen molar-refractivity contribution in [2.24, 2.45) is 0 Å². The molecule has 0 radical (unpaired) electrons. The van der Waals surface area contributed by atoms with Gasteiger partial charge < -0.3 is 14.7 Å². The van der Waals surface area contributed by atoms with Gasteiger partial charge in [-0.15, -0.1) is 0 Å². The van der Waals surface area contributed by atoms with Crippen LogP contribution in [0.25, 0.3) is 0 Å². The molecule has 3 aliphatic heterocycles. The summed E-state index contributed by atoms with van der Waals surface area (Å²) in [6.07, 6.45) is 3.96. The summed E-state index contributed by atoms with van der Waals surface area (Å²) in [4.78, 5) is 15.9. The third-order valence-corrected chi connectivity index (χ3v) is 8.68. The van der Waals surface area contributed by atoms with E-state index in [0.29, 0.717) is 24.2 Å². The van der Waals surface area contributed by atoms with Gasteiger partial charge in [-0.25, -0.2) is 0 Å². The van der Waals surface area contributed by atoms with Gasteiger partial charge >= 0.3 is 0 Å². The number of hydrogen-bond donors (Lipinski definition) is 0. The van der Waals surface area contributed by atoms with Crippen LogP contribution < -0.4 is 0 Å². The molecule has 3 fully saturated rings. The second-order valence-electron chi connectivity index (χ2n) is 11.2. The lowest BCUT2D eigenvalue weighted by Gasteiger charge is -2.47. The van der Waals surface area contributed by atoms with Crippen molar-refractivity contribution in [1.82, 2.24) is 29.4 Å². The summed E-state index contributed by atoms with van der Waals surface area (Å²) in [6, 6.07) is 3.46. The average Bonchev–Trinajstić information content (AvgIpc) is 2.75. The molecule has 3 saturated heterocycles. The van der Waals surface area contributed by atoms with Crippen molar-refractivity contribution < 1.29 is 0 Å². The second kappa shape index (κ2) is 11.8. The Kier molecular flexibility index (Phi) is 9.63. The summed E-state index contributed by atoms with van der Waals surface area (Å²) >= 11 is 0. The van der Waals surface area contributed by atoms with Gasteiger partial charge in [-0.1, -0.05) is 0 Å². The molecule has 0 aromatic carbocycles. The monoisotopic (exact) mass is 436 g/mol. The lowest BCUT2D eigenvalue weighted by Crippen LogP contribution is -2.59. The van der Waals surface area contributed by atoms with E-state index in [9.17, 15) is 0 Å². The van der Waals surface area contributed by atoms with E-state index in [4.69, 9.17) is 0 Å². The zero-order valence-corrected chi connectivity index (χ0v) is 21.8. The van der Waals surface area contributed by atoms with Gasteiger partial charge in [-0.2, -0.15) is 0 Å². The highest BCUT2D eigenvalue weighted by Crippen LogP contribution is 2.22. The van der Waals surface area contributed by atoms with Gasteiger partial charge in [0.05, 0.1) is 0 Å². The Bertz CT molecular complexity index is 520. The highest BCUT2D eigenvalue weighted by atomic mass is 15.3. The van der Waals surface area contributed by atoms with Crippen LogP contribution in [-0.4, -0.2) is 146 Å². The predicted octanol–water partition coefficient (Wildman–Crippen LogP) is 1.82. The highest BCUT2D eigenvalue weighted by Gasteiger charge is 2.33. The molecular formula is C25H52N6. The molecule has 3 heterocycles. The predicted molar refractivity (Wildman–Crippen MR) is 133 cm³/mol. The summed E-state index contributed by atoms with van der Waals surface area (Å²) in [5, 5.41) is 0. The van der Waals surface area contributed by atoms with Crippen LogP contribution in [0, 0.1) is 0 Å². The molecule has 3 rings (SSSR count). The van der Waals surface area contributed by atoms with Crippen molar-refractivity contribution in [2.45, 2.75) is 77.2 Å². The highest BCUT2D eigenvalue weighted by molar-refractivity contribution is 4.90. The average molecular weight is 437 g/mol. The summed E-state index contributed by atoms with van der Waals surface area (Å²) < 4.78 is 0. The quantitative estimate of drug-likeness (QED) is 0.574. The van der Waals surface area contributed by atoms with Crippen molar-refractivity contribution in [3.05, 3.63) is 0 Å². The third kappa shape index (κ3) is 7.12. The fourth-order valence-corrected chi connectivity index (χ4v) is 5.74. The molecule has 4 atom stereocenters. The van der Waals surface area contributed by atoms with Crippen molar-refractivity contribution in [1.29, 1.82) is 0 Å². The molecule has 6 nitrogen and oxygen atoms in total. The number of hydrogen-bond acceptors (Lipinski definition) is 6. The van der Waals surface area contributed by atoms with E-state index in [1.807, 2.05) is 0 Å². The maximum Gasteiger partial charge on any atom is 0.0236 e. The zero-order chi connectivity index (χ0) is 22.5. The Hall–Kier alpha value is -0.240. The van der Waals surface area contributed by atoms with E-state index in [2.05, 4.69) is 78.2 Å². The van der Waals surface area contributed by atoms with Gasteiger partial charge in [0.2, 0.25) is 0 Å².